The van der Waals surface area contributed by atoms with E-state index >= 15 is 0 Å². The SMILES string of the molecule is Cc1ccc(-c2cc(-c3ccc(OC(F)(F)F)cc3)cc([C@@H](CC(C)C)C(=O)O)c2)cc1. The zero-order valence-corrected chi connectivity index (χ0v) is 18.1. The summed E-state index contributed by atoms with van der Waals surface area (Å²) < 4.78 is 41.4. The molecule has 1 atom stereocenters. The lowest BCUT2D eigenvalue weighted by Gasteiger charge is -2.18. The Morgan fingerprint density at radius 3 is 1.81 bits per heavy atom. The lowest BCUT2D eigenvalue weighted by atomic mass is 9.86. The fourth-order valence-electron chi connectivity index (χ4n) is 3.63. The van der Waals surface area contributed by atoms with Gasteiger partial charge in [-0.2, -0.15) is 0 Å². The predicted molar refractivity (Wildman–Crippen MR) is 119 cm³/mol. The quantitative estimate of drug-likeness (QED) is 0.414. The van der Waals surface area contributed by atoms with Gasteiger partial charge < -0.3 is 9.84 Å². The van der Waals surface area contributed by atoms with E-state index in [4.69, 9.17) is 0 Å². The molecule has 1 N–H and O–H groups in total. The molecule has 0 radical (unpaired) electrons. The van der Waals surface area contributed by atoms with Crippen molar-refractivity contribution < 1.29 is 27.8 Å². The summed E-state index contributed by atoms with van der Waals surface area (Å²) in [6.07, 6.45) is -4.28. The molecule has 6 heteroatoms. The van der Waals surface area contributed by atoms with Gasteiger partial charge in [0.25, 0.3) is 0 Å². The Hall–Kier alpha value is -3.28. The average Bonchev–Trinajstić information content (AvgIpc) is 2.71. The highest BCUT2D eigenvalue weighted by molar-refractivity contribution is 5.80. The van der Waals surface area contributed by atoms with Crippen molar-refractivity contribution >= 4 is 5.97 Å². The molecule has 0 aliphatic heterocycles. The molecular weight excluding hydrogens is 417 g/mol. The number of halogens is 3. The number of carbonyl (C=O) groups is 1. The highest BCUT2D eigenvalue weighted by atomic mass is 19.4. The van der Waals surface area contributed by atoms with Crippen molar-refractivity contribution in [1.29, 1.82) is 0 Å². The fraction of sp³-hybridized carbons (Fsp3) is 0.269. The van der Waals surface area contributed by atoms with Crippen LogP contribution in [0.15, 0.2) is 66.7 Å². The first-order chi connectivity index (χ1) is 15.0. The van der Waals surface area contributed by atoms with Crippen LogP contribution in [-0.4, -0.2) is 17.4 Å². The molecule has 3 rings (SSSR count). The van der Waals surface area contributed by atoms with Gasteiger partial charge in [-0.05, 0) is 65.3 Å². The molecule has 0 aliphatic carbocycles. The van der Waals surface area contributed by atoms with Crippen molar-refractivity contribution in [3.05, 3.63) is 77.9 Å². The van der Waals surface area contributed by atoms with Crippen LogP contribution in [-0.2, 0) is 4.79 Å². The van der Waals surface area contributed by atoms with E-state index in [1.54, 1.807) is 6.07 Å². The van der Waals surface area contributed by atoms with Crippen molar-refractivity contribution in [2.75, 3.05) is 0 Å². The maximum absolute atomic E-state index is 12.5. The Morgan fingerprint density at radius 2 is 1.38 bits per heavy atom. The van der Waals surface area contributed by atoms with E-state index in [0.717, 1.165) is 22.3 Å². The highest BCUT2D eigenvalue weighted by Gasteiger charge is 2.31. The number of ether oxygens (including phenoxy) is 1. The zero-order valence-electron chi connectivity index (χ0n) is 18.1. The molecule has 0 spiro atoms. The topological polar surface area (TPSA) is 46.5 Å². The van der Waals surface area contributed by atoms with Gasteiger partial charge in [-0.15, -0.1) is 13.2 Å². The summed E-state index contributed by atoms with van der Waals surface area (Å²) in [6.45, 7) is 5.93. The fourth-order valence-corrected chi connectivity index (χ4v) is 3.63. The first-order valence-corrected chi connectivity index (χ1v) is 10.3. The number of hydrogen-bond acceptors (Lipinski definition) is 2. The van der Waals surface area contributed by atoms with Crippen LogP contribution in [0.3, 0.4) is 0 Å². The lowest BCUT2D eigenvalue weighted by Crippen LogP contribution is -2.16. The summed E-state index contributed by atoms with van der Waals surface area (Å²) in [4.78, 5) is 12.0. The molecule has 0 unspecified atom stereocenters. The van der Waals surface area contributed by atoms with Crippen molar-refractivity contribution in [2.24, 2.45) is 5.92 Å². The van der Waals surface area contributed by atoms with Crippen molar-refractivity contribution in [3.63, 3.8) is 0 Å². The number of carboxylic acid groups (broad SMARTS) is 1. The Bertz CT molecular complexity index is 1070. The molecule has 168 valence electrons. The molecule has 0 bridgehead atoms. The van der Waals surface area contributed by atoms with E-state index in [2.05, 4.69) is 4.74 Å². The normalized spacial score (nSPS) is 12.6. The third-order valence-corrected chi connectivity index (χ3v) is 5.17. The standard InChI is InChI=1S/C26H25F3O3/c1-16(2)12-24(25(30)31)22-14-20(18-6-4-17(3)5-7-18)13-21(15-22)19-8-10-23(11-9-19)32-26(27,28)29/h4-11,13-16,24H,12H2,1-3H3,(H,30,31)/t24-/m1/s1. The van der Waals surface area contributed by atoms with Gasteiger partial charge in [0.2, 0.25) is 0 Å². The number of rotatable bonds is 7. The summed E-state index contributed by atoms with van der Waals surface area (Å²) in [6, 6.07) is 19.1. The number of alkyl halides is 3. The Balaban J connectivity index is 2.09. The molecule has 3 aromatic rings. The number of hydrogen-bond donors (Lipinski definition) is 1. The Labute approximate surface area is 185 Å². The highest BCUT2D eigenvalue weighted by Crippen LogP contribution is 2.35. The first kappa shape index (κ1) is 23.4. The van der Waals surface area contributed by atoms with E-state index in [-0.39, 0.29) is 11.7 Å². The molecule has 0 aromatic heterocycles. The van der Waals surface area contributed by atoms with Crippen LogP contribution in [0.2, 0.25) is 0 Å². The van der Waals surface area contributed by atoms with Gasteiger partial charge in [0.1, 0.15) is 5.75 Å². The van der Waals surface area contributed by atoms with Crippen molar-refractivity contribution in [2.45, 2.75) is 39.5 Å². The molecule has 0 aliphatic rings. The maximum Gasteiger partial charge on any atom is 0.573 e. The van der Waals surface area contributed by atoms with Gasteiger partial charge in [0.05, 0.1) is 5.92 Å². The zero-order chi connectivity index (χ0) is 23.5. The van der Waals surface area contributed by atoms with E-state index in [1.165, 1.54) is 24.3 Å². The Kier molecular flexibility index (Phi) is 6.92. The average molecular weight is 442 g/mol. The minimum atomic E-state index is -4.76. The first-order valence-electron chi connectivity index (χ1n) is 10.3. The predicted octanol–water partition coefficient (Wildman–Crippen LogP) is 7.44. The van der Waals surface area contributed by atoms with Crippen molar-refractivity contribution in [3.8, 4) is 28.0 Å². The Morgan fingerprint density at radius 1 is 0.875 bits per heavy atom. The van der Waals surface area contributed by atoms with Crippen LogP contribution in [0.5, 0.6) is 5.75 Å². The van der Waals surface area contributed by atoms with Crippen LogP contribution in [0.25, 0.3) is 22.3 Å². The third kappa shape index (κ3) is 6.13. The number of benzene rings is 3. The second-order valence-electron chi connectivity index (χ2n) is 8.30. The molecule has 3 nitrogen and oxygen atoms in total. The molecule has 0 fully saturated rings. The molecular formula is C26H25F3O3. The van der Waals surface area contributed by atoms with E-state index in [9.17, 15) is 23.1 Å². The monoisotopic (exact) mass is 442 g/mol. The summed E-state index contributed by atoms with van der Waals surface area (Å²) in [5.41, 5.74) is 4.95. The van der Waals surface area contributed by atoms with Crippen LogP contribution in [0.1, 0.15) is 37.3 Å². The summed E-state index contributed by atoms with van der Waals surface area (Å²) in [5, 5.41) is 9.86. The van der Waals surface area contributed by atoms with Crippen LogP contribution < -0.4 is 4.74 Å². The largest absolute Gasteiger partial charge is 0.573 e. The third-order valence-electron chi connectivity index (χ3n) is 5.17. The van der Waals surface area contributed by atoms with Gasteiger partial charge in [-0.1, -0.05) is 67.9 Å². The van der Waals surface area contributed by atoms with Crippen LogP contribution >= 0.6 is 0 Å². The summed E-state index contributed by atoms with van der Waals surface area (Å²) in [7, 11) is 0. The molecule has 0 saturated heterocycles. The van der Waals surface area contributed by atoms with Crippen LogP contribution in [0, 0.1) is 12.8 Å². The molecule has 0 saturated carbocycles. The smallest absolute Gasteiger partial charge is 0.481 e. The van der Waals surface area contributed by atoms with Gasteiger partial charge >= 0.3 is 12.3 Å². The number of aliphatic carboxylic acids is 1. The van der Waals surface area contributed by atoms with Crippen LogP contribution in [0.4, 0.5) is 13.2 Å². The van der Waals surface area contributed by atoms with E-state index in [1.807, 2.05) is 57.2 Å². The van der Waals surface area contributed by atoms with Gasteiger partial charge in [0.15, 0.2) is 0 Å². The van der Waals surface area contributed by atoms with Gasteiger partial charge in [-0.3, -0.25) is 4.79 Å². The summed E-state index contributed by atoms with van der Waals surface area (Å²) in [5.74, 6) is -1.72. The van der Waals surface area contributed by atoms with E-state index < -0.39 is 18.2 Å². The second-order valence-corrected chi connectivity index (χ2v) is 8.30. The molecule has 0 amide bonds. The minimum absolute atomic E-state index is 0.182. The molecule has 0 heterocycles. The number of aryl methyl sites for hydroxylation is 1. The van der Waals surface area contributed by atoms with Gasteiger partial charge in [-0.25, -0.2) is 0 Å². The van der Waals surface area contributed by atoms with Crippen molar-refractivity contribution in [1.82, 2.24) is 0 Å². The maximum atomic E-state index is 12.5. The number of carboxylic acids is 1. The second kappa shape index (κ2) is 9.47. The van der Waals surface area contributed by atoms with E-state index in [0.29, 0.717) is 17.5 Å². The summed E-state index contributed by atoms with van der Waals surface area (Å²) >= 11 is 0. The molecule has 32 heavy (non-hydrogen) atoms. The minimum Gasteiger partial charge on any atom is -0.481 e. The lowest BCUT2D eigenvalue weighted by molar-refractivity contribution is -0.274. The molecule has 3 aromatic carbocycles. The van der Waals surface area contributed by atoms with Gasteiger partial charge in [0, 0.05) is 0 Å².